The molecule has 0 saturated carbocycles. The molecule has 2 heterocycles. The summed E-state index contributed by atoms with van der Waals surface area (Å²) >= 11 is 0. The van der Waals surface area contributed by atoms with Crippen LogP contribution < -0.4 is 5.32 Å². The molecular weight excluding hydrogens is 246 g/mol. The predicted molar refractivity (Wildman–Crippen MR) is 69.3 cm³/mol. The van der Waals surface area contributed by atoms with Gasteiger partial charge in [-0.05, 0) is 13.0 Å². The molecular formula is C12H17N5O2. The van der Waals surface area contributed by atoms with E-state index >= 15 is 0 Å². The Kier molecular flexibility index (Phi) is 3.13. The van der Waals surface area contributed by atoms with E-state index in [1.54, 1.807) is 4.68 Å². The minimum Gasteiger partial charge on any atom is -0.401 e. The highest BCUT2D eigenvalue weighted by molar-refractivity contribution is 5.92. The third-order valence-electron chi connectivity index (χ3n) is 2.66. The van der Waals surface area contributed by atoms with E-state index in [1.807, 2.05) is 40.8 Å². The van der Waals surface area contributed by atoms with Gasteiger partial charge in [0.2, 0.25) is 5.91 Å². The van der Waals surface area contributed by atoms with Crippen molar-refractivity contribution >= 4 is 11.9 Å². The van der Waals surface area contributed by atoms with Gasteiger partial charge >= 0.3 is 6.01 Å². The van der Waals surface area contributed by atoms with Crippen molar-refractivity contribution in [3.05, 3.63) is 11.8 Å². The number of carbonyl (C=O) groups excluding carboxylic acids is 1. The Hall–Kier alpha value is -2.18. The quantitative estimate of drug-likeness (QED) is 0.892. The number of carbonyl (C=O) groups is 1. The van der Waals surface area contributed by atoms with Crippen LogP contribution in [0.1, 0.15) is 26.5 Å². The highest BCUT2D eigenvalue weighted by atomic mass is 16.4. The molecule has 0 aliphatic rings. The van der Waals surface area contributed by atoms with Gasteiger partial charge in [0.05, 0.1) is 0 Å². The first-order chi connectivity index (χ1) is 8.77. The predicted octanol–water partition coefficient (Wildman–Crippen LogP) is 1.76. The molecule has 7 nitrogen and oxygen atoms in total. The first-order valence-electron chi connectivity index (χ1n) is 5.93. The molecule has 19 heavy (non-hydrogen) atoms. The maximum Gasteiger partial charge on any atom is 0.322 e. The molecule has 0 radical (unpaired) electrons. The Balaban J connectivity index is 2.18. The highest BCUT2D eigenvalue weighted by Gasteiger charge is 2.23. The minimum absolute atomic E-state index is 0.0817. The second kappa shape index (κ2) is 4.49. The SMILES string of the molecule is Cc1cc(-c2nnc(NC(=O)C(C)(C)C)o2)nn1C. The summed E-state index contributed by atoms with van der Waals surface area (Å²) in [6.07, 6.45) is 0. The minimum atomic E-state index is -0.518. The molecule has 0 aliphatic carbocycles. The van der Waals surface area contributed by atoms with Crippen molar-refractivity contribution in [2.24, 2.45) is 12.5 Å². The van der Waals surface area contributed by atoms with Crippen LogP contribution in [0.15, 0.2) is 10.5 Å². The lowest BCUT2D eigenvalue weighted by Crippen LogP contribution is -2.27. The molecule has 2 aromatic rings. The summed E-state index contributed by atoms with van der Waals surface area (Å²) in [5, 5.41) is 14.5. The van der Waals surface area contributed by atoms with Crippen LogP contribution in [-0.2, 0) is 11.8 Å². The fourth-order valence-corrected chi connectivity index (χ4v) is 1.33. The number of rotatable bonds is 2. The van der Waals surface area contributed by atoms with Crippen LogP contribution in [0.4, 0.5) is 6.01 Å². The van der Waals surface area contributed by atoms with Gasteiger partial charge in [0.15, 0.2) is 0 Å². The van der Waals surface area contributed by atoms with Gasteiger partial charge < -0.3 is 4.42 Å². The molecule has 2 aromatic heterocycles. The van der Waals surface area contributed by atoms with Gasteiger partial charge in [-0.25, -0.2) is 0 Å². The number of hydrogen-bond donors (Lipinski definition) is 1. The fourth-order valence-electron chi connectivity index (χ4n) is 1.33. The van der Waals surface area contributed by atoms with Gasteiger partial charge in [-0.15, -0.1) is 5.10 Å². The standard InChI is InChI=1S/C12H17N5O2/c1-7-6-8(16-17(7)5)9-14-15-11(19-9)13-10(18)12(2,3)4/h6H,1-5H3,(H,13,15,18). The summed E-state index contributed by atoms with van der Waals surface area (Å²) < 4.78 is 7.09. The van der Waals surface area contributed by atoms with Crippen molar-refractivity contribution in [1.82, 2.24) is 20.0 Å². The maximum atomic E-state index is 11.8. The zero-order chi connectivity index (χ0) is 14.2. The van der Waals surface area contributed by atoms with Crippen molar-refractivity contribution in [3.63, 3.8) is 0 Å². The van der Waals surface area contributed by atoms with Crippen molar-refractivity contribution < 1.29 is 9.21 Å². The summed E-state index contributed by atoms with van der Waals surface area (Å²) in [7, 11) is 1.83. The molecule has 0 spiro atoms. The normalized spacial score (nSPS) is 11.6. The number of anilines is 1. The molecule has 0 aromatic carbocycles. The topological polar surface area (TPSA) is 85.8 Å². The Bertz CT molecular complexity index is 586. The van der Waals surface area contributed by atoms with E-state index in [1.165, 1.54) is 0 Å². The van der Waals surface area contributed by atoms with Crippen LogP contribution in [0, 0.1) is 12.3 Å². The first kappa shape index (κ1) is 13.3. The summed E-state index contributed by atoms with van der Waals surface area (Å²) in [6, 6.07) is 1.92. The van der Waals surface area contributed by atoms with E-state index in [9.17, 15) is 4.79 Å². The van der Waals surface area contributed by atoms with Crippen LogP contribution >= 0.6 is 0 Å². The smallest absolute Gasteiger partial charge is 0.322 e. The Labute approximate surface area is 111 Å². The second-order valence-corrected chi connectivity index (χ2v) is 5.41. The van der Waals surface area contributed by atoms with Crippen LogP contribution in [-0.4, -0.2) is 25.9 Å². The lowest BCUT2D eigenvalue weighted by atomic mass is 9.96. The monoisotopic (exact) mass is 263 g/mol. The molecule has 0 saturated heterocycles. The first-order valence-corrected chi connectivity index (χ1v) is 5.93. The number of nitrogens with one attached hydrogen (secondary N) is 1. The summed E-state index contributed by atoms with van der Waals surface area (Å²) in [5.74, 6) is 0.104. The van der Waals surface area contributed by atoms with E-state index in [2.05, 4.69) is 20.6 Å². The lowest BCUT2D eigenvalue weighted by molar-refractivity contribution is -0.123. The van der Waals surface area contributed by atoms with E-state index in [-0.39, 0.29) is 17.8 Å². The Morgan fingerprint density at radius 2 is 2.05 bits per heavy atom. The number of amides is 1. The molecule has 7 heteroatoms. The number of hydrogen-bond acceptors (Lipinski definition) is 5. The second-order valence-electron chi connectivity index (χ2n) is 5.41. The lowest BCUT2D eigenvalue weighted by Gasteiger charge is -2.15. The van der Waals surface area contributed by atoms with Crippen LogP contribution in [0.25, 0.3) is 11.6 Å². The maximum absolute atomic E-state index is 11.8. The van der Waals surface area contributed by atoms with E-state index in [4.69, 9.17) is 4.42 Å². The average Bonchev–Trinajstić information content (AvgIpc) is 2.86. The van der Waals surface area contributed by atoms with Gasteiger partial charge in [0, 0.05) is 18.2 Å². The molecule has 102 valence electrons. The summed E-state index contributed by atoms with van der Waals surface area (Å²) in [4.78, 5) is 11.8. The fraction of sp³-hybridized carbons (Fsp3) is 0.500. The van der Waals surface area contributed by atoms with E-state index < -0.39 is 5.41 Å². The highest BCUT2D eigenvalue weighted by Crippen LogP contribution is 2.21. The molecule has 0 atom stereocenters. The molecule has 0 aliphatic heterocycles. The number of aryl methyl sites for hydroxylation is 2. The summed E-state index contributed by atoms with van der Waals surface area (Å²) in [5.41, 5.74) is 1.05. The van der Waals surface area contributed by atoms with Gasteiger partial charge in [-0.3, -0.25) is 14.8 Å². The van der Waals surface area contributed by atoms with Crippen molar-refractivity contribution in [2.75, 3.05) is 5.32 Å². The Morgan fingerprint density at radius 1 is 1.37 bits per heavy atom. The van der Waals surface area contributed by atoms with Crippen LogP contribution in [0.3, 0.4) is 0 Å². The summed E-state index contributed by atoms with van der Waals surface area (Å²) in [6.45, 7) is 7.35. The molecule has 0 unspecified atom stereocenters. The third kappa shape index (κ3) is 2.81. The van der Waals surface area contributed by atoms with Gasteiger partial charge in [-0.1, -0.05) is 25.9 Å². The number of nitrogens with zero attached hydrogens (tertiary/aromatic N) is 4. The molecule has 1 N–H and O–H groups in total. The van der Waals surface area contributed by atoms with Crippen molar-refractivity contribution in [1.29, 1.82) is 0 Å². The van der Waals surface area contributed by atoms with Crippen LogP contribution in [0.2, 0.25) is 0 Å². The van der Waals surface area contributed by atoms with E-state index in [0.717, 1.165) is 5.69 Å². The average molecular weight is 263 g/mol. The van der Waals surface area contributed by atoms with Gasteiger partial charge in [0.25, 0.3) is 5.89 Å². The molecule has 0 fully saturated rings. The molecule has 1 amide bonds. The number of aromatic nitrogens is 4. The van der Waals surface area contributed by atoms with Gasteiger partial charge in [0.1, 0.15) is 5.69 Å². The zero-order valence-electron chi connectivity index (χ0n) is 11.7. The van der Waals surface area contributed by atoms with Crippen molar-refractivity contribution in [2.45, 2.75) is 27.7 Å². The van der Waals surface area contributed by atoms with Crippen LogP contribution in [0.5, 0.6) is 0 Å². The molecule has 0 bridgehead atoms. The third-order valence-corrected chi connectivity index (χ3v) is 2.66. The molecule has 2 rings (SSSR count). The zero-order valence-corrected chi connectivity index (χ0v) is 11.7. The Morgan fingerprint density at radius 3 is 2.58 bits per heavy atom. The van der Waals surface area contributed by atoms with E-state index in [0.29, 0.717) is 5.69 Å². The van der Waals surface area contributed by atoms with Gasteiger partial charge in [-0.2, -0.15) is 5.10 Å². The largest absolute Gasteiger partial charge is 0.401 e. The van der Waals surface area contributed by atoms with Crippen molar-refractivity contribution in [3.8, 4) is 11.6 Å².